The number of hydrogen-bond donors (Lipinski definition) is 1. The molecule has 0 heterocycles. The lowest BCUT2D eigenvalue weighted by Crippen LogP contribution is -2.27. The summed E-state index contributed by atoms with van der Waals surface area (Å²) in [5.41, 5.74) is 0.215. The molecule has 1 fully saturated rings. The normalized spacial score (nSPS) is 13.6. The second-order valence-corrected chi connectivity index (χ2v) is 17.3. The van der Waals surface area contributed by atoms with Gasteiger partial charge in [0.05, 0.1) is 13.0 Å². The molecule has 0 aromatic heterocycles. The van der Waals surface area contributed by atoms with Crippen molar-refractivity contribution in [2.24, 2.45) is 5.41 Å². The van der Waals surface area contributed by atoms with Gasteiger partial charge in [0.2, 0.25) is 0 Å². The van der Waals surface area contributed by atoms with Crippen molar-refractivity contribution in [1.82, 2.24) is 4.90 Å². The number of carbonyl (C=O) groups excluding carboxylic acids is 2. The molecule has 0 amide bonds. The van der Waals surface area contributed by atoms with E-state index in [0.717, 1.165) is 64.6 Å². The van der Waals surface area contributed by atoms with Crippen molar-refractivity contribution in [3.05, 3.63) is 0 Å². The van der Waals surface area contributed by atoms with Gasteiger partial charge in [-0.05, 0) is 109 Å². The van der Waals surface area contributed by atoms with Gasteiger partial charge < -0.3 is 19.5 Å². The predicted octanol–water partition coefficient (Wildman–Crippen LogP) is 13.8. The zero-order valence-electron chi connectivity index (χ0n) is 36.6. The number of aliphatic hydroxyl groups excluding tert-OH is 1. The van der Waals surface area contributed by atoms with Crippen LogP contribution >= 0.6 is 0 Å². The van der Waals surface area contributed by atoms with Gasteiger partial charge in [0.15, 0.2) is 0 Å². The Morgan fingerprint density at radius 2 is 0.981 bits per heavy atom. The highest BCUT2D eigenvalue weighted by atomic mass is 16.5. The Bertz CT molecular complexity index is 814. The Hall–Kier alpha value is -1.14. The van der Waals surface area contributed by atoms with E-state index in [0.29, 0.717) is 19.4 Å². The highest BCUT2D eigenvalue weighted by Gasteiger charge is 2.44. The molecule has 0 radical (unpaired) electrons. The van der Waals surface area contributed by atoms with Crippen molar-refractivity contribution in [2.45, 2.75) is 258 Å². The summed E-state index contributed by atoms with van der Waals surface area (Å²) in [6.07, 6.45) is 42.3. The first kappa shape index (κ1) is 50.9. The maximum atomic E-state index is 13.2. The van der Waals surface area contributed by atoms with Crippen LogP contribution < -0.4 is 0 Å². The highest BCUT2D eigenvalue weighted by Crippen LogP contribution is 2.53. The number of rotatable bonds is 43. The molecule has 320 valence electrons. The van der Waals surface area contributed by atoms with Gasteiger partial charge in [0.1, 0.15) is 6.10 Å². The number of nitrogens with zero attached hydrogens (tertiary/aromatic N) is 1. The molecule has 54 heavy (non-hydrogen) atoms. The van der Waals surface area contributed by atoms with Crippen LogP contribution in [0.4, 0.5) is 0 Å². The van der Waals surface area contributed by atoms with Crippen molar-refractivity contribution in [3.8, 4) is 0 Å². The molecule has 0 unspecified atom stereocenters. The zero-order valence-corrected chi connectivity index (χ0v) is 36.6. The van der Waals surface area contributed by atoms with Crippen molar-refractivity contribution >= 4 is 11.9 Å². The molecule has 1 aliphatic rings. The van der Waals surface area contributed by atoms with E-state index in [4.69, 9.17) is 9.47 Å². The molecule has 6 nitrogen and oxygen atoms in total. The van der Waals surface area contributed by atoms with E-state index in [1.54, 1.807) is 0 Å². The number of carbonyl (C=O) groups is 2. The van der Waals surface area contributed by atoms with Crippen molar-refractivity contribution < 1.29 is 24.2 Å². The van der Waals surface area contributed by atoms with Crippen LogP contribution in [0.3, 0.4) is 0 Å². The third-order valence-corrected chi connectivity index (χ3v) is 12.0. The maximum Gasteiger partial charge on any atom is 0.306 e. The maximum absolute atomic E-state index is 13.2. The van der Waals surface area contributed by atoms with Crippen molar-refractivity contribution in [3.63, 3.8) is 0 Å². The molecule has 0 spiro atoms. The van der Waals surface area contributed by atoms with E-state index in [9.17, 15) is 14.7 Å². The van der Waals surface area contributed by atoms with Crippen LogP contribution in [0.2, 0.25) is 0 Å². The van der Waals surface area contributed by atoms with Crippen LogP contribution in [0, 0.1) is 5.41 Å². The second-order valence-electron chi connectivity index (χ2n) is 17.3. The molecule has 1 N–H and O–H groups in total. The molecule has 1 saturated carbocycles. The topological polar surface area (TPSA) is 76.1 Å². The molecular formula is C48H93NO5. The summed E-state index contributed by atoms with van der Waals surface area (Å²) < 4.78 is 11.7. The van der Waals surface area contributed by atoms with Crippen molar-refractivity contribution in [2.75, 3.05) is 32.8 Å². The van der Waals surface area contributed by atoms with E-state index >= 15 is 0 Å². The monoisotopic (exact) mass is 764 g/mol. The molecule has 0 aliphatic heterocycles. The number of unbranched alkanes of at least 4 members (excludes halogenated alkanes) is 23. The first-order chi connectivity index (χ1) is 26.5. The molecule has 0 bridgehead atoms. The van der Waals surface area contributed by atoms with Gasteiger partial charge in [-0.3, -0.25) is 9.59 Å². The van der Waals surface area contributed by atoms with Crippen molar-refractivity contribution in [1.29, 1.82) is 0 Å². The van der Waals surface area contributed by atoms with Gasteiger partial charge in [-0.1, -0.05) is 156 Å². The molecule has 6 heteroatoms. The first-order valence-electron chi connectivity index (χ1n) is 24.2. The number of aliphatic hydroxyl groups is 1. The van der Waals surface area contributed by atoms with Crippen LogP contribution in [-0.4, -0.2) is 60.9 Å². The minimum atomic E-state index is -0.0187. The van der Waals surface area contributed by atoms with Crippen LogP contribution in [0.25, 0.3) is 0 Å². The molecule has 0 aromatic rings. The predicted molar refractivity (Wildman–Crippen MR) is 230 cm³/mol. The fourth-order valence-electron chi connectivity index (χ4n) is 8.04. The summed E-state index contributed by atoms with van der Waals surface area (Å²) in [4.78, 5) is 27.9. The van der Waals surface area contributed by atoms with Crippen LogP contribution in [0.5, 0.6) is 0 Å². The minimum Gasteiger partial charge on any atom is -0.466 e. The van der Waals surface area contributed by atoms with Gasteiger partial charge in [-0.15, -0.1) is 0 Å². The Balaban J connectivity index is 2.26. The first-order valence-corrected chi connectivity index (χ1v) is 24.2. The molecule has 1 aliphatic carbocycles. The molecule has 1 rings (SSSR count). The second kappa shape index (κ2) is 37.4. The van der Waals surface area contributed by atoms with Gasteiger partial charge in [-0.2, -0.15) is 0 Å². The van der Waals surface area contributed by atoms with Crippen LogP contribution in [-0.2, 0) is 19.1 Å². The summed E-state index contributed by atoms with van der Waals surface area (Å²) in [5, 5.41) is 9.33. The Kier molecular flexibility index (Phi) is 35.3. The molecule has 0 atom stereocenters. The number of esters is 2. The highest BCUT2D eigenvalue weighted by molar-refractivity contribution is 5.71. The fourth-order valence-corrected chi connectivity index (χ4v) is 8.04. The summed E-state index contributed by atoms with van der Waals surface area (Å²) in [6, 6.07) is 0. The molecule has 0 saturated heterocycles. The largest absolute Gasteiger partial charge is 0.466 e. The lowest BCUT2D eigenvalue weighted by molar-refractivity contribution is -0.151. The van der Waals surface area contributed by atoms with Crippen LogP contribution in [0.1, 0.15) is 252 Å². The smallest absolute Gasteiger partial charge is 0.306 e. The summed E-state index contributed by atoms with van der Waals surface area (Å²) >= 11 is 0. The van der Waals surface area contributed by atoms with E-state index < -0.39 is 0 Å². The summed E-state index contributed by atoms with van der Waals surface area (Å²) in [7, 11) is 0. The van der Waals surface area contributed by atoms with Gasteiger partial charge in [0.25, 0.3) is 0 Å². The quantitative estimate of drug-likeness (QED) is 0.0492. The Labute approximate surface area is 336 Å². The van der Waals surface area contributed by atoms with E-state index in [-0.39, 0.29) is 30.1 Å². The Morgan fingerprint density at radius 1 is 0.537 bits per heavy atom. The number of hydrogen-bond acceptors (Lipinski definition) is 6. The van der Waals surface area contributed by atoms with Gasteiger partial charge in [-0.25, -0.2) is 0 Å². The number of ether oxygens (including phenoxy) is 2. The molecular weight excluding hydrogens is 671 g/mol. The lowest BCUT2D eigenvalue weighted by Gasteiger charge is -2.23. The SMILES string of the molecule is CCCCCCCCCOC(=O)CCCCCCCN(CCCCO)CCCCCC1(CC(=O)OC(CCCCCCCC)CCCCCCCC)CC1. The lowest BCUT2D eigenvalue weighted by atomic mass is 9.94. The van der Waals surface area contributed by atoms with E-state index in [1.807, 2.05) is 0 Å². The van der Waals surface area contributed by atoms with Gasteiger partial charge >= 0.3 is 11.9 Å². The standard InChI is InChI=1S/C48H93NO5/c1-4-7-10-13-16-22-32-43-53-46(51)35-26-20-17-21-28-39-49(41-30-31-42-50)40-29-23-27-36-48(37-38-48)44-47(52)54-45(33-24-18-14-11-8-5-2)34-25-19-15-12-9-6-3/h45,50H,4-44H2,1-3H3. The van der Waals surface area contributed by atoms with Crippen LogP contribution in [0.15, 0.2) is 0 Å². The zero-order chi connectivity index (χ0) is 39.2. The average molecular weight is 764 g/mol. The molecule has 0 aromatic carbocycles. The average Bonchev–Trinajstić information content (AvgIpc) is 3.93. The third-order valence-electron chi connectivity index (χ3n) is 12.0. The minimum absolute atomic E-state index is 0.0187. The fraction of sp³-hybridized carbons (Fsp3) is 0.958. The van der Waals surface area contributed by atoms with Gasteiger partial charge in [0, 0.05) is 13.0 Å². The third kappa shape index (κ3) is 32.0. The summed E-state index contributed by atoms with van der Waals surface area (Å²) in [6.45, 7) is 11.0. The van der Waals surface area contributed by atoms with E-state index in [2.05, 4.69) is 25.7 Å². The Morgan fingerprint density at radius 3 is 1.50 bits per heavy atom. The van der Waals surface area contributed by atoms with E-state index in [1.165, 1.54) is 173 Å². The summed E-state index contributed by atoms with van der Waals surface area (Å²) in [5.74, 6) is 0.0538.